The van der Waals surface area contributed by atoms with E-state index in [1.807, 2.05) is 53.4 Å². The molecular formula is C25H24N6O. The Morgan fingerprint density at radius 1 is 0.969 bits per heavy atom. The van der Waals surface area contributed by atoms with Crippen LogP contribution < -0.4 is 15.5 Å². The second-order valence-corrected chi connectivity index (χ2v) is 8.65. The third kappa shape index (κ3) is 3.73. The van der Waals surface area contributed by atoms with E-state index in [1.54, 1.807) is 19.3 Å². The minimum atomic E-state index is -0.0742. The molecule has 0 saturated heterocycles. The van der Waals surface area contributed by atoms with Crippen molar-refractivity contribution in [3.63, 3.8) is 0 Å². The van der Waals surface area contributed by atoms with Gasteiger partial charge in [-0.15, -0.1) is 0 Å². The minimum Gasteiger partial charge on any atom is -0.340 e. The summed E-state index contributed by atoms with van der Waals surface area (Å²) in [7, 11) is 0. The van der Waals surface area contributed by atoms with E-state index in [0.717, 1.165) is 28.0 Å². The minimum absolute atomic E-state index is 0.0435. The van der Waals surface area contributed by atoms with Crippen LogP contribution in [0.1, 0.15) is 26.3 Å². The van der Waals surface area contributed by atoms with Crippen LogP contribution in [0.25, 0.3) is 10.9 Å². The third-order valence-corrected chi connectivity index (χ3v) is 5.74. The number of amides is 1. The van der Waals surface area contributed by atoms with Gasteiger partial charge >= 0.3 is 0 Å². The summed E-state index contributed by atoms with van der Waals surface area (Å²) < 4.78 is 0. The highest BCUT2D eigenvalue weighted by atomic mass is 16.2. The molecule has 2 N–H and O–H groups in total. The van der Waals surface area contributed by atoms with Crippen LogP contribution in [0.4, 0.5) is 28.8 Å². The van der Waals surface area contributed by atoms with Gasteiger partial charge in [0.25, 0.3) is 0 Å². The third-order valence-electron chi connectivity index (χ3n) is 5.74. The van der Waals surface area contributed by atoms with Crippen molar-refractivity contribution >= 4 is 45.6 Å². The number of anilines is 5. The Labute approximate surface area is 186 Å². The smallest absolute Gasteiger partial charge is 0.229 e. The Balaban J connectivity index is 1.38. The Hall–Kier alpha value is -4.00. The van der Waals surface area contributed by atoms with Gasteiger partial charge in [-0.25, -0.2) is 4.98 Å². The van der Waals surface area contributed by atoms with E-state index >= 15 is 0 Å². The lowest BCUT2D eigenvalue weighted by atomic mass is 9.87. The maximum atomic E-state index is 12.1. The standard InChI is InChI=1S/C25H24N6O/c1-16(32)31-15-25(2,3)20-8-6-19(14-22(20)31)29-24-27-12-10-23(30-24)28-18-7-9-21-17(13-18)5-4-11-26-21/h4-14H,15H2,1-3H3,(H2,27,28,29,30). The molecule has 7 heteroatoms. The maximum Gasteiger partial charge on any atom is 0.229 e. The largest absolute Gasteiger partial charge is 0.340 e. The fourth-order valence-corrected chi connectivity index (χ4v) is 4.17. The molecule has 0 spiro atoms. The van der Waals surface area contributed by atoms with Crippen LogP contribution in [0, 0.1) is 0 Å². The van der Waals surface area contributed by atoms with Gasteiger partial charge in [-0.1, -0.05) is 26.0 Å². The van der Waals surface area contributed by atoms with Gasteiger partial charge in [0.1, 0.15) is 5.82 Å². The van der Waals surface area contributed by atoms with E-state index in [-0.39, 0.29) is 11.3 Å². The Morgan fingerprint density at radius 2 is 1.78 bits per heavy atom. The Kier molecular flexibility index (Phi) is 4.74. The molecule has 0 radical (unpaired) electrons. The predicted octanol–water partition coefficient (Wildman–Crippen LogP) is 5.16. The number of rotatable bonds is 4. The fourth-order valence-electron chi connectivity index (χ4n) is 4.17. The number of aromatic nitrogens is 3. The van der Waals surface area contributed by atoms with Crippen LogP contribution in [0.15, 0.2) is 67.0 Å². The molecule has 160 valence electrons. The molecule has 0 saturated carbocycles. The summed E-state index contributed by atoms with van der Waals surface area (Å²) in [5, 5.41) is 7.65. The van der Waals surface area contributed by atoms with E-state index in [4.69, 9.17) is 0 Å². The van der Waals surface area contributed by atoms with Crippen molar-refractivity contribution in [2.45, 2.75) is 26.2 Å². The van der Waals surface area contributed by atoms with Gasteiger partial charge in [0.05, 0.1) is 5.52 Å². The predicted molar refractivity (Wildman–Crippen MR) is 128 cm³/mol. The number of fused-ring (bicyclic) bond motifs is 2. The number of benzene rings is 2. The van der Waals surface area contributed by atoms with Gasteiger partial charge in [0.2, 0.25) is 11.9 Å². The second kappa shape index (κ2) is 7.60. The van der Waals surface area contributed by atoms with E-state index in [1.165, 1.54) is 5.56 Å². The van der Waals surface area contributed by atoms with Gasteiger partial charge in [-0.05, 0) is 48.0 Å². The zero-order valence-electron chi connectivity index (χ0n) is 18.3. The molecular weight excluding hydrogens is 400 g/mol. The van der Waals surface area contributed by atoms with Crippen LogP contribution in [0.3, 0.4) is 0 Å². The molecule has 0 atom stereocenters. The summed E-state index contributed by atoms with van der Waals surface area (Å²) in [4.78, 5) is 27.3. The molecule has 1 aliphatic rings. The van der Waals surface area contributed by atoms with E-state index in [2.05, 4.69) is 45.5 Å². The summed E-state index contributed by atoms with van der Waals surface area (Å²) in [6, 6.07) is 17.8. The summed E-state index contributed by atoms with van der Waals surface area (Å²) in [6.07, 6.45) is 3.49. The molecule has 5 rings (SSSR count). The number of pyridine rings is 1. The van der Waals surface area contributed by atoms with Crippen molar-refractivity contribution in [1.29, 1.82) is 0 Å². The van der Waals surface area contributed by atoms with Crippen molar-refractivity contribution in [3.05, 3.63) is 72.6 Å². The molecule has 0 bridgehead atoms. The van der Waals surface area contributed by atoms with E-state index in [9.17, 15) is 4.79 Å². The number of carbonyl (C=O) groups is 1. The molecule has 0 fully saturated rings. The highest BCUT2D eigenvalue weighted by molar-refractivity contribution is 5.95. The van der Waals surface area contributed by atoms with E-state index < -0.39 is 0 Å². The van der Waals surface area contributed by atoms with E-state index in [0.29, 0.717) is 18.3 Å². The van der Waals surface area contributed by atoms with Gasteiger partial charge in [-0.3, -0.25) is 9.78 Å². The first-order chi connectivity index (χ1) is 15.4. The summed E-state index contributed by atoms with van der Waals surface area (Å²) in [6.45, 7) is 6.59. The molecule has 3 heterocycles. The highest BCUT2D eigenvalue weighted by Gasteiger charge is 2.36. The lowest BCUT2D eigenvalue weighted by Crippen LogP contribution is -2.31. The SMILES string of the molecule is CC(=O)N1CC(C)(C)c2ccc(Nc3nccc(Nc4ccc5ncccc5c4)n3)cc21. The number of nitrogens with zero attached hydrogens (tertiary/aromatic N) is 4. The van der Waals surface area contributed by atoms with Crippen LogP contribution in [-0.2, 0) is 10.2 Å². The highest BCUT2D eigenvalue weighted by Crippen LogP contribution is 2.42. The molecule has 32 heavy (non-hydrogen) atoms. The zero-order valence-corrected chi connectivity index (χ0v) is 18.3. The Bertz CT molecular complexity index is 1330. The topological polar surface area (TPSA) is 83.0 Å². The van der Waals surface area contributed by atoms with Crippen molar-refractivity contribution < 1.29 is 4.79 Å². The fraction of sp³-hybridized carbons (Fsp3) is 0.200. The first-order valence-corrected chi connectivity index (χ1v) is 10.5. The van der Waals surface area contributed by atoms with Gasteiger partial charge in [-0.2, -0.15) is 4.98 Å². The van der Waals surface area contributed by atoms with Gasteiger partial charge in [0.15, 0.2) is 0 Å². The van der Waals surface area contributed by atoms with Crippen LogP contribution >= 0.6 is 0 Å². The monoisotopic (exact) mass is 424 g/mol. The van der Waals surface area contributed by atoms with Crippen LogP contribution in [0.2, 0.25) is 0 Å². The lowest BCUT2D eigenvalue weighted by molar-refractivity contribution is -0.116. The molecule has 0 unspecified atom stereocenters. The first kappa shape index (κ1) is 19.9. The number of carbonyl (C=O) groups excluding carboxylic acids is 1. The van der Waals surface area contributed by atoms with Gasteiger partial charge < -0.3 is 15.5 Å². The van der Waals surface area contributed by atoms with Crippen molar-refractivity contribution in [2.24, 2.45) is 0 Å². The average Bonchev–Trinajstić information content (AvgIpc) is 3.04. The van der Waals surface area contributed by atoms with Crippen LogP contribution in [0.5, 0.6) is 0 Å². The summed E-state index contributed by atoms with van der Waals surface area (Å²) in [5.74, 6) is 1.20. The summed E-state index contributed by atoms with van der Waals surface area (Å²) >= 11 is 0. The molecule has 1 aliphatic heterocycles. The van der Waals surface area contributed by atoms with Crippen molar-refractivity contribution in [2.75, 3.05) is 22.1 Å². The number of nitrogens with one attached hydrogen (secondary N) is 2. The average molecular weight is 425 g/mol. The first-order valence-electron chi connectivity index (χ1n) is 10.5. The Morgan fingerprint density at radius 3 is 2.62 bits per heavy atom. The molecule has 4 aromatic rings. The number of hydrogen-bond donors (Lipinski definition) is 2. The molecule has 1 amide bonds. The maximum absolute atomic E-state index is 12.1. The van der Waals surface area contributed by atoms with Crippen LogP contribution in [-0.4, -0.2) is 27.4 Å². The molecule has 2 aromatic heterocycles. The number of hydrogen-bond acceptors (Lipinski definition) is 6. The molecule has 0 aliphatic carbocycles. The molecule has 2 aromatic carbocycles. The second-order valence-electron chi connectivity index (χ2n) is 8.65. The van der Waals surface area contributed by atoms with Crippen molar-refractivity contribution in [3.8, 4) is 0 Å². The molecule has 7 nitrogen and oxygen atoms in total. The quantitative estimate of drug-likeness (QED) is 0.471. The summed E-state index contributed by atoms with van der Waals surface area (Å²) in [5.41, 5.74) is 4.73. The van der Waals surface area contributed by atoms with Crippen molar-refractivity contribution in [1.82, 2.24) is 15.0 Å². The van der Waals surface area contributed by atoms with Gasteiger partial charge in [0, 0.05) is 53.7 Å². The zero-order chi connectivity index (χ0) is 22.3. The normalized spacial score (nSPS) is 14.3. The lowest BCUT2D eigenvalue weighted by Gasteiger charge is -2.19.